The summed E-state index contributed by atoms with van der Waals surface area (Å²) in [6.07, 6.45) is 4.11. The molecule has 0 aromatic carbocycles. The first-order valence-electron chi connectivity index (χ1n) is 11.5. The van der Waals surface area contributed by atoms with Crippen LogP contribution in [0.3, 0.4) is 0 Å². The van der Waals surface area contributed by atoms with Crippen LogP contribution < -0.4 is 10.6 Å². The molecule has 8 nitrogen and oxygen atoms in total. The Morgan fingerprint density at radius 2 is 1.20 bits per heavy atom. The Balaban J connectivity index is 1.86. The van der Waals surface area contributed by atoms with Gasteiger partial charge in [0.25, 0.3) is 0 Å². The topological polar surface area (TPSA) is 109 Å². The number of piperidine rings is 2. The molecule has 0 aromatic heterocycles. The van der Waals surface area contributed by atoms with Crippen LogP contribution in [0, 0.1) is 11.8 Å². The number of ether oxygens (including phenoxy) is 2. The van der Waals surface area contributed by atoms with E-state index in [0.29, 0.717) is 11.8 Å². The van der Waals surface area contributed by atoms with Crippen LogP contribution in [0.1, 0.15) is 53.4 Å². The van der Waals surface area contributed by atoms with Crippen LogP contribution in [-0.4, -0.2) is 85.6 Å². The highest BCUT2D eigenvalue weighted by Crippen LogP contribution is 2.29. The zero-order chi connectivity index (χ0) is 22.2. The van der Waals surface area contributed by atoms with Crippen molar-refractivity contribution >= 4 is 11.9 Å². The number of quaternary nitrogens is 2. The predicted octanol–water partition coefficient (Wildman–Crippen LogP) is -1.13. The standard InChI is InChI=1S/C22H41N3O5/c1-21(2,17-5-9-23-10-6-17)29-19(27)15-25(13-14-26)16-20(28)30-22(3,4)18-7-11-24-12-8-18/h17-18,23-24,26H,5-16H2,1-4H3/p+2. The number of aliphatic hydroxyl groups is 1. The summed E-state index contributed by atoms with van der Waals surface area (Å²) in [5.41, 5.74) is -1.06. The summed E-state index contributed by atoms with van der Waals surface area (Å²) in [6.45, 7) is 12.1. The van der Waals surface area contributed by atoms with Crippen molar-refractivity contribution in [3.05, 3.63) is 0 Å². The third-order valence-corrected chi connectivity index (χ3v) is 6.72. The van der Waals surface area contributed by atoms with Crippen LogP contribution in [-0.2, 0) is 19.1 Å². The summed E-state index contributed by atoms with van der Waals surface area (Å²) < 4.78 is 11.6. The fourth-order valence-electron chi connectivity index (χ4n) is 4.78. The number of hydrogen-bond donors (Lipinski definition) is 3. The molecule has 174 valence electrons. The smallest absolute Gasteiger partial charge is 0.320 e. The van der Waals surface area contributed by atoms with Gasteiger partial charge >= 0.3 is 11.9 Å². The Morgan fingerprint density at radius 1 is 0.833 bits per heavy atom. The zero-order valence-corrected chi connectivity index (χ0v) is 19.3. The van der Waals surface area contributed by atoms with E-state index in [1.807, 2.05) is 27.7 Å². The van der Waals surface area contributed by atoms with Gasteiger partial charge in [0, 0.05) is 44.1 Å². The fourth-order valence-corrected chi connectivity index (χ4v) is 4.78. The summed E-state index contributed by atoms with van der Waals surface area (Å²) in [7, 11) is 0. The summed E-state index contributed by atoms with van der Waals surface area (Å²) >= 11 is 0. The molecule has 0 aromatic rings. The zero-order valence-electron chi connectivity index (χ0n) is 19.3. The minimum absolute atomic E-state index is 0.0310. The largest absolute Gasteiger partial charge is 0.458 e. The number of carbonyl (C=O) groups is 2. The van der Waals surface area contributed by atoms with Crippen molar-refractivity contribution in [2.75, 3.05) is 52.4 Å². The van der Waals surface area contributed by atoms with Gasteiger partial charge in [0.15, 0.2) is 0 Å². The third-order valence-electron chi connectivity index (χ3n) is 6.72. The number of rotatable bonds is 10. The van der Waals surface area contributed by atoms with Gasteiger partial charge in [-0.3, -0.25) is 14.5 Å². The van der Waals surface area contributed by atoms with E-state index in [1.165, 1.54) is 0 Å². The molecule has 0 atom stereocenters. The lowest BCUT2D eigenvalue weighted by Crippen LogP contribution is -2.86. The van der Waals surface area contributed by atoms with E-state index < -0.39 is 11.2 Å². The average molecular weight is 430 g/mol. The van der Waals surface area contributed by atoms with Crippen LogP contribution in [0.2, 0.25) is 0 Å². The van der Waals surface area contributed by atoms with Gasteiger partial charge in [-0.2, -0.15) is 0 Å². The Kier molecular flexibility index (Phi) is 9.53. The summed E-state index contributed by atoms with van der Waals surface area (Å²) in [5.74, 6) is -0.0387. The minimum Gasteiger partial charge on any atom is -0.458 e. The van der Waals surface area contributed by atoms with Gasteiger partial charge in [-0.1, -0.05) is 0 Å². The Bertz CT molecular complexity index is 509. The van der Waals surface area contributed by atoms with Crippen molar-refractivity contribution in [3.63, 3.8) is 0 Å². The first-order valence-corrected chi connectivity index (χ1v) is 11.5. The second kappa shape index (κ2) is 11.4. The SMILES string of the molecule is CC(C)(OC(=O)CN(CCO)CC(=O)OC(C)(C)C1CC[NH2+]CC1)C1CC[NH2+]CC1. The highest BCUT2D eigenvalue weighted by Gasteiger charge is 2.37. The summed E-state index contributed by atoms with van der Waals surface area (Å²) in [4.78, 5) is 26.8. The van der Waals surface area contributed by atoms with Crippen LogP contribution >= 0.6 is 0 Å². The van der Waals surface area contributed by atoms with Crippen LogP contribution in [0.25, 0.3) is 0 Å². The minimum atomic E-state index is -0.531. The quantitative estimate of drug-likeness (QED) is 0.379. The van der Waals surface area contributed by atoms with Crippen molar-refractivity contribution < 1.29 is 34.8 Å². The fraction of sp³-hybridized carbons (Fsp3) is 0.909. The molecular formula is C22H43N3O5+2. The predicted molar refractivity (Wildman–Crippen MR) is 113 cm³/mol. The van der Waals surface area contributed by atoms with Gasteiger partial charge in [-0.25, -0.2) is 0 Å². The second-order valence-electron chi connectivity index (χ2n) is 9.87. The molecule has 2 fully saturated rings. The van der Waals surface area contributed by atoms with Crippen molar-refractivity contribution in [1.82, 2.24) is 4.90 Å². The average Bonchev–Trinajstić information content (AvgIpc) is 2.68. The monoisotopic (exact) mass is 429 g/mol. The number of aliphatic hydroxyl groups excluding tert-OH is 1. The van der Waals surface area contributed by atoms with Crippen LogP contribution in [0.15, 0.2) is 0 Å². The molecule has 8 heteroatoms. The molecule has 2 aliphatic rings. The molecular weight excluding hydrogens is 386 g/mol. The van der Waals surface area contributed by atoms with E-state index in [4.69, 9.17) is 9.47 Å². The summed E-state index contributed by atoms with van der Waals surface area (Å²) in [6, 6.07) is 0. The van der Waals surface area contributed by atoms with E-state index in [2.05, 4.69) is 10.6 Å². The molecule has 2 saturated heterocycles. The summed E-state index contributed by atoms with van der Waals surface area (Å²) in [5, 5.41) is 14.0. The molecule has 0 bridgehead atoms. The van der Waals surface area contributed by atoms with Gasteiger partial charge in [0.2, 0.25) is 0 Å². The Labute approximate surface area is 181 Å². The molecule has 2 rings (SSSR count). The van der Waals surface area contributed by atoms with Crippen LogP contribution in [0.4, 0.5) is 0 Å². The molecule has 0 saturated carbocycles. The van der Waals surface area contributed by atoms with Gasteiger partial charge in [0.05, 0.1) is 45.9 Å². The maximum Gasteiger partial charge on any atom is 0.320 e. The van der Waals surface area contributed by atoms with Gasteiger partial charge < -0.3 is 25.2 Å². The molecule has 0 spiro atoms. The lowest BCUT2D eigenvalue weighted by Gasteiger charge is -2.37. The van der Waals surface area contributed by atoms with E-state index >= 15 is 0 Å². The highest BCUT2D eigenvalue weighted by molar-refractivity contribution is 5.75. The lowest BCUT2D eigenvalue weighted by molar-refractivity contribution is -0.666. The van der Waals surface area contributed by atoms with Gasteiger partial charge in [-0.05, 0) is 27.7 Å². The van der Waals surface area contributed by atoms with Crippen molar-refractivity contribution in [1.29, 1.82) is 0 Å². The molecule has 0 aliphatic carbocycles. The van der Waals surface area contributed by atoms with Crippen LogP contribution in [0.5, 0.6) is 0 Å². The van der Waals surface area contributed by atoms with Gasteiger partial charge in [0.1, 0.15) is 11.2 Å². The number of carbonyl (C=O) groups excluding carboxylic acids is 2. The molecule has 2 heterocycles. The number of nitrogens with two attached hydrogens (primary N) is 2. The maximum absolute atomic E-state index is 12.6. The number of esters is 2. The first kappa shape index (κ1) is 25.0. The molecule has 30 heavy (non-hydrogen) atoms. The van der Waals surface area contributed by atoms with Crippen molar-refractivity contribution in [2.45, 2.75) is 64.6 Å². The van der Waals surface area contributed by atoms with Crippen molar-refractivity contribution in [2.24, 2.45) is 11.8 Å². The van der Waals surface area contributed by atoms with Crippen molar-refractivity contribution in [3.8, 4) is 0 Å². The molecule has 0 radical (unpaired) electrons. The van der Waals surface area contributed by atoms with E-state index in [9.17, 15) is 14.7 Å². The first-order chi connectivity index (χ1) is 14.1. The Morgan fingerprint density at radius 3 is 1.53 bits per heavy atom. The van der Waals surface area contributed by atoms with E-state index in [1.54, 1.807) is 4.90 Å². The number of nitrogens with zero attached hydrogens (tertiary/aromatic N) is 1. The van der Waals surface area contributed by atoms with Gasteiger partial charge in [-0.15, -0.1) is 0 Å². The second-order valence-corrected chi connectivity index (χ2v) is 9.87. The van der Waals surface area contributed by atoms with E-state index in [-0.39, 0.29) is 38.2 Å². The molecule has 0 unspecified atom stereocenters. The lowest BCUT2D eigenvalue weighted by atomic mass is 9.83. The molecule has 0 amide bonds. The normalized spacial score (nSPS) is 19.7. The van der Waals surface area contributed by atoms with E-state index in [0.717, 1.165) is 51.9 Å². The molecule has 2 aliphatic heterocycles. The highest BCUT2D eigenvalue weighted by atomic mass is 16.6. The maximum atomic E-state index is 12.6. The molecule has 5 N–H and O–H groups in total. The number of hydrogen-bond acceptors (Lipinski definition) is 6. The third kappa shape index (κ3) is 7.80. The Hall–Kier alpha value is -1.22.